The Hall–Kier alpha value is -0.860. The molecule has 1 fully saturated rings. The zero-order valence-corrected chi connectivity index (χ0v) is 10.7. The zero-order valence-electron chi connectivity index (χ0n) is 10.7. The molecule has 0 spiro atoms. The summed E-state index contributed by atoms with van der Waals surface area (Å²) in [7, 11) is 0. The highest BCUT2D eigenvalue weighted by Gasteiger charge is 2.27. The molecule has 2 heteroatoms. The lowest BCUT2D eigenvalue weighted by molar-refractivity contribution is 0.122. The number of likely N-dealkylation sites (tertiary alicyclic amines) is 1. The van der Waals surface area contributed by atoms with Crippen molar-refractivity contribution in [1.29, 1.82) is 0 Å². The first kappa shape index (κ1) is 12.6. The first-order valence-corrected chi connectivity index (χ1v) is 6.72. The molecule has 1 aromatic rings. The van der Waals surface area contributed by atoms with E-state index in [-0.39, 0.29) is 0 Å². The van der Waals surface area contributed by atoms with Gasteiger partial charge in [-0.15, -0.1) is 0 Å². The van der Waals surface area contributed by atoms with Gasteiger partial charge in [-0.2, -0.15) is 0 Å². The highest BCUT2D eigenvalue weighted by atomic mass is 16.3. The molecule has 94 valence electrons. The summed E-state index contributed by atoms with van der Waals surface area (Å²) >= 11 is 0. The van der Waals surface area contributed by atoms with Crippen LogP contribution in [-0.4, -0.2) is 35.2 Å². The second-order valence-electron chi connectivity index (χ2n) is 5.09. The monoisotopic (exact) mass is 233 g/mol. The number of aliphatic hydroxyl groups is 1. The molecule has 0 amide bonds. The molecule has 0 saturated carbocycles. The zero-order chi connectivity index (χ0) is 12.1. The van der Waals surface area contributed by atoms with Gasteiger partial charge in [0.15, 0.2) is 0 Å². The number of rotatable bonds is 5. The number of aryl methyl sites for hydroxylation is 1. The van der Waals surface area contributed by atoms with Crippen molar-refractivity contribution < 1.29 is 5.11 Å². The van der Waals surface area contributed by atoms with Gasteiger partial charge in [-0.3, -0.25) is 4.90 Å². The van der Waals surface area contributed by atoms with Crippen LogP contribution in [0.2, 0.25) is 0 Å². The van der Waals surface area contributed by atoms with Crippen molar-refractivity contribution in [3.05, 3.63) is 35.9 Å². The predicted molar refractivity (Wildman–Crippen MR) is 71.0 cm³/mol. The SMILES string of the molecule is C[C@@H](CCc1ccccc1)N1CCC[C@@H]1CO. The third-order valence-electron chi connectivity index (χ3n) is 3.89. The van der Waals surface area contributed by atoms with E-state index in [9.17, 15) is 5.11 Å². The van der Waals surface area contributed by atoms with Crippen LogP contribution in [-0.2, 0) is 6.42 Å². The van der Waals surface area contributed by atoms with E-state index < -0.39 is 0 Å². The number of aliphatic hydroxyl groups excluding tert-OH is 1. The van der Waals surface area contributed by atoms with E-state index in [0.29, 0.717) is 18.7 Å². The van der Waals surface area contributed by atoms with E-state index in [0.717, 1.165) is 19.4 Å². The second kappa shape index (κ2) is 6.18. The average Bonchev–Trinajstić information content (AvgIpc) is 2.85. The van der Waals surface area contributed by atoms with Gasteiger partial charge in [0.25, 0.3) is 0 Å². The molecule has 1 aromatic carbocycles. The Balaban J connectivity index is 1.83. The van der Waals surface area contributed by atoms with Crippen LogP contribution >= 0.6 is 0 Å². The molecule has 1 heterocycles. The van der Waals surface area contributed by atoms with E-state index in [1.165, 1.54) is 18.4 Å². The fraction of sp³-hybridized carbons (Fsp3) is 0.600. The maximum absolute atomic E-state index is 9.33. The van der Waals surface area contributed by atoms with Crippen LogP contribution < -0.4 is 0 Å². The summed E-state index contributed by atoms with van der Waals surface area (Å²) in [6.45, 7) is 3.76. The fourth-order valence-corrected chi connectivity index (χ4v) is 2.82. The Morgan fingerprint density at radius 2 is 2.12 bits per heavy atom. The predicted octanol–water partition coefficient (Wildman–Crippen LogP) is 2.46. The van der Waals surface area contributed by atoms with Crippen molar-refractivity contribution >= 4 is 0 Å². The van der Waals surface area contributed by atoms with Gasteiger partial charge >= 0.3 is 0 Å². The maximum Gasteiger partial charge on any atom is 0.0586 e. The fourth-order valence-electron chi connectivity index (χ4n) is 2.82. The molecule has 0 aromatic heterocycles. The quantitative estimate of drug-likeness (QED) is 0.844. The first-order chi connectivity index (χ1) is 8.31. The van der Waals surface area contributed by atoms with Gasteiger partial charge in [0, 0.05) is 12.1 Å². The topological polar surface area (TPSA) is 23.5 Å². The molecular formula is C15H23NO. The molecule has 0 aliphatic carbocycles. The lowest BCUT2D eigenvalue weighted by Gasteiger charge is -2.29. The van der Waals surface area contributed by atoms with Crippen molar-refractivity contribution in [3.8, 4) is 0 Å². The van der Waals surface area contributed by atoms with E-state index >= 15 is 0 Å². The minimum Gasteiger partial charge on any atom is -0.395 e. The normalized spacial score (nSPS) is 22.8. The Bertz CT molecular complexity index is 325. The smallest absolute Gasteiger partial charge is 0.0586 e. The van der Waals surface area contributed by atoms with Crippen LogP contribution in [0.5, 0.6) is 0 Å². The second-order valence-corrected chi connectivity index (χ2v) is 5.09. The van der Waals surface area contributed by atoms with Crippen LogP contribution in [0.25, 0.3) is 0 Å². The summed E-state index contributed by atoms with van der Waals surface area (Å²) in [6, 6.07) is 11.6. The van der Waals surface area contributed by atoms with Crippen LogP contribution in [0.3, 0.4) is 0 Å². The van der Waals surface area contributed by atoms with Crippen molar-refractivity contribution in [2.45, 2.75) is 44.7 Å². The van der Waals surface area contributed by atoms with Gasteiger partial charge in [0.1, 0.15) is 0 Å². The van der Waals surface area contributed by atoms with Crippen molar-refractivity contribution in [2.75, 3.05) is 13.2 Å². The van der Waals surface area contributed by atoms with Gasteiger partial charge in [-0.1, -0.05) is 30.3 Å². The lowest BCUT2D eigenvalue weighted by Crippen LogP contribution is -2.39. The highest BCUT2D eigenvalue weighted by molar-refractivity contribution is 5.14. The van der Waals surface area contributed by atoms with Gasteiger partial charge in [-0.05, 0) is 44.7 Å². The Morgan fingerprint density at radius 1 is 1.35 bits per heavy atom. The minimum atomic E-state index is 0.315. The first-order valence-electron chi connectivity index (χ1n) is 6.72. The van der Waals surface area contributed by atoms with Gasteiger partial charge in [0.05, 0.1) is 6.61 Å². The largest absolute Gasteiger partial charge is 0.395 e. The molecule has 1 saturated heterocycles. The van der Waals surface area contributed by atoms with Crippen LogP contribution in [0.1, 0.15) is 31.7 Å². The molecule has 1 N–H and O–H groups in total. The van der Waals surface area contributed by atoms with E-state index in [1.807, 2.05) is 0 Å². The summed E-state index contributed by atoms with van der Waals surface area (Å²) in [4.78, 5) is 2.48. The average molecular weight is 233 g/mol. The molecule has 0 unspecified atom stereocenters. The minimum absolute atomic E-state index is 0.315. The molecule has 1 aliphatic heterocycles. The van der Waals surface area contributed by atoms with Gasteiger partial charge in [0.2, 0.25) is 0 Å². The third-order valence-corrected chi connectivity index (χ3v) is 3.89. The van der Waals surface area contributed by atoms with Crippen molar-refractivity contribution in [2.24, 2.45) is 0 Å². The van der Waals surface area contributed by atoms with Crippen molar-refractivity contribution in [3.63, 3.8) is 0 Å². The molecule has 2 nitrogen and oxygen atoms in total. The maximum atomic E-state index is 9.33. The molecule has 17 heavy (non-hydrogen) atoms. The van der Waals surface area contributed by atoms with Crippen LogP contribution in [0.4, 0.5) is 0 Å². The standard InChI is InChI=1S/C15H23NO/c1-13(16-11-5-8-15(16)12-17)9-10-14-6-3-2-4-7-14/h2-4,6-7,13,15,17H,5,8-12H2,1H3/t13-,15+/m0/s1. The van der Waals surface area contributed by atoms with E-state index in [4.69, 9.17) is 0 Å². The van der Waals surface area contributed by atoms with Gasteiger partial charge in [-0.25, -0.2) is 0 Å². The number of hydrogen-bond acceptors (Lipinski definition) is 2. The summed E-state index contributed by atoms with van der Waals surface area (Å²) in [6.07, 6.45) is 4.71. The summed E-state index contributed by atoms with van der Waals surface area (Å²) in [5, 5.41) is 9.33. The lowest BCUT2D eigenvalue weighted by atomic mass is 10.0. The van der Waals surface area contributed by atoms with E-state index in [1.54, 1.807) is 0 Å². The Morgan fingerprint density at radius 3 is 2.82 bits per heavy atom. The van der Waals surface area contributed by atoms with Crippen molar-refractivity contribution in [1.82, 2.24) is 4.90 Å². The summed E-state index contributed by atoms with van der Waals surface area (Å²) in [5.74, 6) is 0. The molecule has 0 radical (unpaired) electrons. The Kier molecular flexibility index (Phi) is 4.57. The Labute approximate surface area is 104 Å². The third kappa shape index (κ3) is 3.30. The van der Waals surface area contributed by atoms with Crippen LogP contribution in [0.15, 0.2) is 30.3 Å². The number of nitrogens with zero attached hydrogens (tertiary/aromatic N) is 1. The molecule has 0 bridgehead atoms. The summed E-state index contributed by atoms with van der Waals surface area (Å²) < 4.78 is 0. The summed E-state index contributed by atoms with van der Waals surface area (Å²) in [5.41, 5.74) is 1.42. The molecule has 2 rings (SSSR count). The molecular weight excluding hydrogens is 210 g/mol. The highest BCUT2D eigenvalue weighted by Crippen LogP contribution is 2.21. The van der Waals surface area contributed by atoms with E-state index in [2.05, 4.69) is 42.2 Å². The number of hydrogen-bond donors (Lipinski definition) is 1. The molecule has 1 aliphatic rings. The van der Waals surface area contributed by atoms with Gasteiger partial charge < -0.3 is 5.11 Å². The van der Waals surface area contributed by atoms with Crippen LogP contribution in [0, 0.1) is 0 Å². The molecule has 2 atom stereocenters. The number of benzene rings is 1.